The Labute approximate surface area is 116 Å². The lowest BCUT2D eigenvalue weighted by molar-refractivity contribution is -0.00805. The van der Waals surface area contributed by atoms with Gasteiger partial charge in [-0.15, -0.1) is 0 Å². The van der Waals surface area contributed by atoms with E-state index in [2.05, 4.69) is 4.90 Å². The van der Waals surface area contributed by atoms with Crippen molar-refractivity contribution in [1.82, 2.24) is 4.90 Å². The van der Waals surface area contributed by atoms with Crippen LogP contribution in [0.2, 0.25) is 0 Å². The summed E-state index contributed by atoms with van der Waals surface area (Å²) in [5.74, 6) is 0.281. The van der Waals surface area contributed by atoms with Crippen LogP contribution in [0.3, 0.4) is 0 Å². The normalized spacial score (nSPS) is 18.7. The van der Waals surface area contributed by atoms with Crippen LogP contribution in [0.4, 0.5) is 0 Å². The number of likely N-dealkylation sites (tertiary alicyclic amines) is 1. The van der Waals surface area contributed by atoms with Gasteiger partial charge in [0.2, 0.25) is 0 Å². The molecule has 0 amide bonds. The highest BCUT2D eigenvalue weighted by atomic mass is 16.5. The largest absolute Gasteiger partial charge is 0.394 e. The average molecular weight is 271 g/mol. The van der Waals surface area contributed by atoms with Crippen LogP contribution in [0.25, 0.3) is 0 Å². The fourth-order valence-corrected chi connectivity index (χ4v) is 2.40. The van der Waals surface area contributed by atoms with Gasteiger partial charge in [-0.25, -0.2) is 0 Å². The Morgan fingerprint density at radius 1 is 1.42 bits per heavy atom. The summed E-state index contributed by atoms with van der Waals surface area (Å²) in [6.07, 6.45) is 4.46. The third kappa shape index (κ3) is 5.89. The second-order valence-corrected chi connectivity index (χ2v) is 6.04. The number of nitrogens with two attached hydrogens (primary N) is 1. The fourth-order valence-electron chi connectivity index (χ4n) is 2.40. The molecule has 1 aliphatic rings. The van der Waals surface area contributed by atoms with Gasteiger partial charge in [-0.3, -0.25) is 5.41 Å². The van der Waals surface area contributed by atoms with E-state index in [0.717, 1.165) is 45.3 Å². The molecule has 0 aliphatic carbocycles. The van der Waals surface area contributed by atoms with Crippen LogP contribution in [-0.4, -0.2) is 54.8 Å². The maximum absolute atomic E-state index is 8.72. The number of nitrogens with one attached hydrogen (secondary N) is 1. The Hall–Kier alpha value is -0.650. The number of aliphatic hydroxyl groups excluding tert-OH is 1. The Morgan fingerprint density at radius 2 is 2.05 bits per heavy atom. The molecular weight excluding hydrogens is 242 g/mol. The van der Waals surface area contributed by atoms with Crippen molar-refractivity contribution < 1.29 is 9.84 Å². The monoisotopic (exact) mass is 271 g/mol. The van der Waals surface area contributed by atoms with E-state index in [9.17, 15) is 0 Å². The standard InChI is InChI=1S/C14H29N3O2/c1-14(2,13(15)16)6-3-7-17-8-4-12(5-9-17)19-11-10-18/h12,18H,3-11H2,1-2H3,(H3,15,16). The Bertz CT molecular complexity index is 274. The van der Waals surface area contributed by atoms with Crippen molar-refractivity contribution >= 4 is 5.84 Å². The van der Waals surface area contributed by atoms with Crippen molar-refractivity contribution in [3.05, 3.63) is 0 Å². The number of hydrogen-bond donors (Lipinski definition) is 3. The molecule has 4 N–H and O–H groups in total. The van der Waals surface area contributed by atoms with E-state index in [-0.39, 0.29) is 17.9 Å². The number of rotatable bonds is 8. The van der Waals surface area contributed by atoms with Gasteiger partial charge in [0, 0.05) is 18.5 Å². The number of nitrogens with zero attached hydrogens (tertiary/aromatic N) is 1. The van der Waals surface area contributed by atoms with E-state index in [1.807, 2.05) is 13.8 Å². The van der Waals surface area contributed by atoms with E-state index in [1.54, 1.807) is 0 Å². The summed E-state index contributed by atoms with van der Waals surface area (Å²) in [5, 5.41) is 16.3. The molecule has 0 aromatic rings. The van der Waals surface area contributed by atoms with Gasteiger partial charge < -0.3 is 20.5 Å². The Kier molecular flexibility index (Phi) is 6.75. The van der Waals surface area contributed by atoms with Crippen molar-refractivity contribution in [1.29, 1.82) is 5.41 Å². The summed E-state index contributed by atoms with van der Waals surface area (Å²) in [6, 6.07) is 0. The third-order valence-electron chi connectivity index (χ3n) is 3.98. The molecule has 19 heavy (non-hydrogen) atoms. The SMILES string of the molecule is CC(C)(CCCN1CCC(OCCO)CC1)C(=N)N. The smallest absolute Gasteiger partial charge is 0.0963 e. The Morgan fingerprint density at radius 3 is 2.58 bits per heavy atom. The zero-order chi connectivity index (χ0) is 14.3. The second-order valence-electron chi connectivity index (χ2n) is 6.04. The van der Waals surface area contributed by atoms with Gasteiger partial charge in [0.25, 0.3) is 0 Å². The quantitative estimate of drug-likeness (QED) is 0.457. The zero-order valence-electron chi connectivity index (χ0n) is 12.3. The lowest BCUT2D eigenvalue weighted by Crippen LogP contribution is -2.38. The molecular formula is C14H29N3O2. The van der Waals surface area contributed by atoms with Gasteiger partial charge in [0.1, 0.15) is 0 Å². The number of amidine groups is 1. The molecule has 0 radical (unpaired) electrons. The summed E-state index contributed by atoms with van der Waals surface area (Å²) >= 11 is 0. The molecule has 5 nitrogen and oxygen atoms in total. The van der Waals surface area contributed by atoms with E-state index in [4.69, 9.17) is 21.0 Å². The molecule has 0 spiro atoms. The molecule has 1 fully saturated rings. The van der Waals surface area contributed by atoms with Crippen LogP contribution in [0.15, 0.2) is 0 Å². The molecule has 0 bridgehead atoms. The van der Waals surface area contributed by atoms with Gasteiger partial charge in [-0.1, -0.05) is 13.8 Å². The van der Waals surface area contributed by atoms with Crippen LogP contribution in [0.1, 0.15) is 39.5 Å². The van der Waals surface area contributed by atoms with Crippen LogP contribution >= 0.6 is 0 Å². The minimum Gasteiger partial charge on any atom is -0.394 e. The van der Waals surface area contributed by atoms with Crippen LogP contribution in [0, 0.1) is 10.8 Å². The molecule has 1 rings (SSSR count). The van der Waals surface area contributed by atoms with Crippen molar-refractivity contribution in [2.75, 3.05) is 32.8 Å². The molecule has 1 heterocycles. The molecule has 1 aliphatic heterocycles. The molecule has 0 atom stereocenters. The fraction of sp³-hybridized carbons (Fsp3) is 0.929. The summed E-state index contributed by atoms with van der Waals surface area (Å²) in [4.78, 5) is 2.45. The molecule has 1 saturated heterocycles. The summed E-state index contributed by atoms with van der Waals surface area (Å²) < 4.78 is 5.55. The molecule has 0 saturated carbocycles. The predicted molar refractivity (Wildman–Crippen MR) is 77.4 cm³/mol. The molecule has 0 aromatic carbocycles. The average Bonchev–Trinajstić information content (AvgIpc) is 2.37. The topological polar surface area (TPSA) is 82.6 Å². The number of piperidine rings is 1. The first kappa shape index (κ1) is 16.4. The summed E-state index contributed by atoms with van der Waals surface area (Å²) in [7, 11) is 0. The molecule has 0 aromatic heterocycles. The highest BCUT2D eigenvalue weighted by Gasteiger charge is 2.23. The van der Waals surface area contributed by atoms with Crippen LogP contribution in [-0.2, 0) is 4.74 Å². The van der Waals surface area contributed by atoms with Gasteiger partial charge in [0.15, 0.2) is 0 Å². The van der Waals surface area contributed by atoms with Crippen molar-refractivity contribution in [3.8, 4) is 0 Å². The van der Waals surface area contributed by atoms with Gasteiger partial charge in [-0.2, -0.15) is 0 Å². The van der Waals surface area contributed by atoms with Gasteiger partial charge in [0.05, 0.1) is 25.2 Å². The summed E-state index contributed by atoms with van der Waals surface area (Å²) in [5.41, 5.74) is 5.41. The third-order valence-corrected chi connectivity index (χ3v) is 3.98. The minimum absolute atomic E-state index is 0.111. The first-order chi connectivity index (χ1) is 8.95. The van der Waals surface area contributed by atoms with Gasteiger partial charge >= 0.3 is 0 Å². The highest BCUT2D eigenvalue weighted by Crippen LogP contribution is 2.22. The zero-order valence-corrected chi connectivity index (χ0v) is 12.3. The first-order valence-corrected chi connectivity index (χ1v) is 7.25. The van der Waals surface area contributed by atoms with Crippen molar-refractivity contribution in [2.45, 2.75) is 45.6 Å². The van der Waals surface area contributed by atoms with Crippen molar-refractivity contribution in [3.63, 3.8) is 0 Å². The van der Waals surface area contributed by atoms with Crippen LogP contribution in [0.5, 0.6) is 0 Å². The molecule has 0 unspecified atom stereocenters. The Balaban J connectivity index is 2.14. The number of hydrogen-bond acceptors (Lipinski definition) is 4. The second kappa shape index (κ2) is 7.82. The lowest BCUT2D eigenvalue weighted by Gasteiger charge is -2.32. The maximum Gasteiger partial charge on any atom is 0.0963 e. The van der Waals surface area contributed by atoms with E-state index in [1.165, 1.54) is 0 Å². The predicted octanol–water partition coefficient (Wildman–Crippen LogP) is 1.20. The highest BCUT2D eigenvalue weighted by molar-refractivity contribution is 5.82. The number of aliphatic hydroxyl groups is 1. The maximum atomic E-state index is 8.72. The van der Waals surface area contributed by atoms with Gasteiger partial charge in [-0.05, 0) is 32.2 Å². The first-order valence-electron chi connectivity index (χ1n) is 7.25. The lowest BCUT2D eigenvalue weighted by atomic mass is 9.86. The van der Waals surface area contributed by atoms with Crippen LogP contribution < -0.4 is 5.73 Å². The summed E-state index contributed by atoms with van der Waals surface area (Å²) in [6.45, 7) is 7.84. The van der Waals surface area contributed by atoms with Crippen molar-refractivity contribution in [2.24, 2.45) is 11.1 Å². The van der Waals surface area contributed by atoms with E-state index < -0.39 is 0 Å². The minimum atomic E-state index is -0.178. The molecule has 112 valence electrons. The van der Waals surface area contributed by atoms with E-state index >= 15 is 0 Å². The molecule has 5 heteroatoms. The van der Waals surface area contributed by atoms with E-state index in [0.29, 0.717) is 12.7 Å². The number of ether oxygens (including phenoxy) is 1.